The molecule has 0 spiro atoms. The highest BCUT2D eigenvalue weighted by molar-refractivity contribution is 6.42. The number of nitrogens with zero attached hydrogens (tertiary/aromatic N) is 1. The molecule has 4 nitrogen and oxygen atoms in total. The summed E-state index contributed by atoms with van der Waals surface area (Å²) in [4.78, 5) is 12.0. The molecule has 0 unspecified atom stereocenters. The Balaban J connectivity index is 2.31. The number of nitrogens with one attached hydrogen (secondary N) is 2. The van der Waals surface area contributed by atoms with Crippen LogP contribution in [-0.4, -0.2) is 16.1 Å². The summed E-state index contributed by atoms with van der Waals surface area (Å²) >= 11 is 17.7. The molecule has 18 heavy (non-hydrogen) atoms. The first-order chi connectivity index (χ1) is 8.49. The van der Waals surface area contributed by atoms with Crippen molar-refractivity contribution in [2.45, 2.75) is 6.92 Å². The van der Waals surface area contributed by atoms with Crippen LogP contribution < -0.4 is 5.32 Å². The Morgan fingerprint density at radius 3 is 2.39 bits per heavy atom. The van der Waals surface area contributed by atoms with Gasteiger partial charge in [-0.25, -0.2) is 0 Å². The van der Waals surface area contributed by atoms with Crippen molar-refractivity contribution in [2.75, 3.05) is 5.32 Å². The Hall–Kier alpha value is -1.23. The van der Waals surface area contributed by atoms with Crippen molar-refractivity contribution in [1.29, 1.82) is 0 Å². The number of benzene rings is 1. The van der Waals surface area contributed by atoms with Crippen LogP contribution in [0.3, 0.4) is 0 Å². The molecule has 7 heteroatoms. The van der Waals surface area contributed by atoms with Gasteiger partial charge in [-0.15, -0.1) is 0 Å². The fourth-order valence-electron chi connectivity index (χ4n) is 1.42. The average Bonchev–Trinajstić information content (AvgIpc) is 2.69. The van der Waals surface area contributed by atoms with Gasteiger partial charge in [0.15, 0.2) is 0 Å². The molecule has 0 aliphatic carbocycles. The number of carbonyl (C=O) groups excluding carboxylic acids is 1. The van der Waals surface area contributed by atoms with Crippen molar-refractivity contribution in [3.63, 3.8) is 0 Å². The normalized spacial score (nSPS) is 10.4. The number of aromatic nitrogens is 2. The Morgan fingerprint density at radius 1 is 1.28 bits per heavy atom. The smallest absolute Gasteiger partial charge is 0.259 e. The topological polar surface area (TPSA) is 57.8 Å². The van der Waals surface area contributed by atoms with Crippen LogP contribution in [0.15, 0.2) is 18.3 Å². The Labute approximate surface area is 118 Å². The molecule has 0 saturated carbocycles. The number of aryl methyl sites for hydroxylation is 1. The van der Waals surface area contributed by atoms with Gasteiger partial charge < -0.3 is 5.32 Å². The maximum Gasteiger partial charge on any atom is 0.259 e. The van der Waals surface area contributed by atoms with E-state index in [4.69, 9.17) is 34.8 Å². The fourth-order valence-corrected chi connectivity index (χ4v) is 2.33. The Kier molecular flexibility index (Phi) is 3.80. The molecule has 0 saturated heterocycles. The Bertz CT molecular complexity index is 586. The van der Waals surface area contributed by atoms with Crippen molar-refractivity contribution >= 4 is 46.4 Å². The molecule has 1 aromatic carbocycles. The van der Waals surface area contributed by atoms with E-state index in [2.05, 4.69) is 15.5 Å². The number of amides is 1. The zero-order chi connectivity index (χ0) is 13.3. The van der Waals surface area contributed by atoms with E-state index in [1.807, 2.05) is 0 Å². The molecule has 0 fully saturated rings. The lowest BCUT2D eigenvalue weighted by atomic mass is 10.2. The molecular formula is C11H8Cl3N3O. The molecular weight excluding hydrogens is 296 g/mol. The highest BCUT2D eigenvalue weighted by atomic mass is 35.5. The minimum absolute atomic E-state index is 0.280. The number of carbonyl (C=O) groups is 1. The van der Waals surface area contributed by atoms with E-state index in [0.29, 0.717) is 22.0 Å². The number of anilines is 1. The van der Waals surface area contributed by atoms with Crippen LogP contribution in [-0.2, 0) is 0 Å². The van der Waals surface area contributed by atoms with Crippen LogP contribution in [0.5, 0.6) is 0 Å². The van der Waals surface area contributed by atoms with Crippen LogP contribution in [0, 0.1) is 6.92 Å². The summed E-state index contributed by atoms with van der Waals surface area (Å²) in [7, 11) is 0. The van der Waals surface area contributed by atoms with Crippen LogP contribution in [0.25, 0.3) is 0 Å². The van der Waals surface area contributed by atoms with Crippen molar-refractivity contribution in [3.05, 3.63) is 44.7 Å². The van der Waals surface area contributed by atoms with Crippen molar-refractivity contribution < 1.29 is 4.79 Å². The minimum atomic E-state index is -0.340. The van der Waals surface area contributed by atoms with Gasteiger partial charge in [-0.2, -0.15) is 5.10 Å². The van der Waals surface area contributed by atoms with E-state index in [9.17, 15) is 4.79 Å². The fraction of sp³-hybridized carbons (Fsp3) is 0.0909. The predicted octanol–water partition coefficient (Wildman–Crippen LogP) is 3.93. The SMILES string of the molecule is Cc1[nH]ncc1C(=O)Nc1c(Cl)cc(Cl)cc1Cl. The van der Waals surface area contributed by atoms with Crippen LogP contribution in [0.1, 0.15) is 16.1 Å². The molecule has 1 heterocycles. The molecule has 2 N–H and O–H groups in total. The van der Waals surface area contributed by atoms with Crippen molar-refractivity contribution in [2.24, 2.45) is 0 Å². The summed E-state index contributed by atoms with van der Waals surface area (Å²) in [6.45, 7) is 1.74. The van der Waals surface area contributed by atoms with Crippen LogP contribution >= 0.6 is 34.8 Å². The second-order valence-electron chi connectivity index (χ2n) is 3.61. The summed E-state index contributed by atoms with van der Waals surface area (Å²) in [6, 6.07) is 3.01. The summed E-state index contributed by atoms with van der Waals surface area (Å²) in [6.07, 6.45) is 1.43. The molecule has 2 aromatic rings. The van der Waals surface area contributed by atoms with Gasteiger partial charge in [-0.05, 0) is 19.1 Å². The van der Waals surface area contributed by atoms with Crippen molar-refractivity contribution in [1.82, 2.24) is 10.2 Å². The van der Waals surface area contributed by atoms with E-state index < -0.39 is 0 Å². The third-order valence-corrected chi connectivity index (χ3v) is 3.13. The predicted molar refractivity (Wildman–Crippen MR) is 72.7 cm³/mol. The maximum absolute atomic E-state index is 12.0. The first kappa shape index (κ1) is 13.2. The van der Waals surface area contributed by atoms with E-state index in [0.717, 1.165) is 0 Å². The molecule has 1 amide bonds. The molecule has 2 rings (SSSR count). The van der Waals surface area contributed by atoms with Gasteiger partial charge in [0.1, 0.15) is 0 Å². The van der Waals surface area contributed by atoms with Gasteiger partial charge in [0.25, 0.3) is 5.91 Å². The van der Waals surface area contributed by atoms with Gasteiger partial charge in [-0.3, -0.25) is 9.89 Å². The largest absolute Gasteiger partial charge is 0.319 e. The first-order valence-electron chi connectivity index (χ1n) is 4.95. The van der Waals surface area contributed by atoms with Gasteiger partial charge in [0.05, 0.1) is 27.5 Å². The Morgan fingerprint density at radius 2 is 1.89 bits per heavy atom. The number of rotatable bonds is 2. The number of halogens is 3. The van der Waals surface area contributed by atoms with E-state index in [1.54, 1.807) is 6.92 Å². The lowest BCUT2D eigenvalue weighted by Gasteiger charge is -2.09. The monoisotopic (exact) mass is 303 g/mol. The summed E-state index contributed by atoms with van der Waals surface area (Å²) in [5.74, 6) is -0.340. The second kappa shape index (κ2) is 5.18. The molecule has 1 aromatic heterocycles. The summed E-state index contributed by atoms with van der Waals surface area (Å²) in [5, 5.41) is 10.0. The molecule has 0 radical (unpaired) electrons. The van der Waals surface area contributed by atoms with Gasteiger partial charge in [0, 0.05) is 10.7 Å². The standard InChI is InChI=1S/C11H8Cl3N3O/c1-5-7(4-15-17-5)11(18)16-10-8(13)2-6(12)3-9(10)14/h2-4H,1H3,(H,15,17)(H,16,18). The number of hydrogen-bond acceptors (Lipinski definition) is 2. The summed E-state index contributed by atoms with van der Waals surface area (Å²) in [5.41, 5.74) is 1.42. The second-order valence-corrected chi connectivity index (χ2v) is 4.86. The quantitative estimate of drug-likeness (QED) is 0.883. The molecule has 0 aliphatic rings. The van der Waals surface area contributed by atoms with E-state index in [-0.39, 0.29) is 16.0 Å². The lowest BCUT2D eigenvalue weighted by Crippen LogP contribution is -2.13. The maximum atomic E-state index is 12.0. The van der Waals surface area contributed by atoms with Crippen LogP contribution in [0.4, 0.5) is 5.69 Å². The van der Waals surface area contributed by atoms with Gasteiger partial charge in [-0.1, -0.05) is 34.8 Å². The van der Waals surface area contributed by atoms with Gasteiger partial charge >= 0.3 is 0 Å². The zero-order valence-electron chi connectivity index (χ0n) is 9.22. The van der Waals surface area contributed by atoms with E-state index in [1.165, 1.54) is 18.3 Å². The number of hydrogen-bond donors (Lipinski definition) is 2. The third kappa shape index (κ3) is 2.61. The summed E-state index contributed by atoms with van der Waals surface area (Å²) < 4.78 is 0. The highest BCUT2D eigenvalue weighted by Gasteiger charge is 2.15. The van der Waals surface area contributed by atoms with Crippen LogP contribution in [0.2, 0.25) is 15.1 Å². The number of aromatic amines is 1. The number of H-pyrrole nitrogens is 1. The third-order valence-electron chi connectivity index (χ3n) is 2.32. The van der Waals surface area contributed by atoms with Crippen molar-refractivity contribution in [3.8, 4) is 0 Å². The molecule has 94 valence electrons. The molecule has 0 bridgehead atoms. The first-order valence-corrected chi connectivity index (χ1v) is 6.08. The average molecular weight is 305 g/mol. The lowest BCUT2D eigenvalue weighted by molar-refractivity contribution is 0.102. The van der Waals surface area contributed by atoms with Gasteiger partial charge in [0.2, 0.25) is 0 Å². The molecule has 0 atom stereocenters. The zero-order valence-corrected chi connectivity index (χ0v) is 11.5. The molecule has 0 aliphatic heterocycles. The highest BCUT2D eigenvalue weighted by Crippen LogP contribution is 2.33. The minimum Gasteiger partial charge on any atom is -0.319 e. The van der Waals surface area contributed by atoms with E-state index >= 15 is 0 Å².